The molecule has 1 aromatic heterocycles. The Morgan fingerprint density at radius 1 is 1.30 bits per heavy atom. The smallest absolute Gasteiger partial charge is 0.271 e. The predicted molar refractivity (Wildman–Crippen MR) is 82.6 cm³/mol. The molecule has 1 aromatic carbocycles. The number of rotatable bonds is 7. The zero-order valence-corrected chi connectivity index (χ0v) is 12.9. The van der Waals surface area contributed by atoms with E-state index < -0.39 is 5.91 Å². The highest BCUT2D eigenvalue weighted by molar-refractivity contribution is 5.92. The van der Waals surface area contributed by atoms with Gasteiger partial charge in [0.1, 0.15) is 6.61 Å². The number of aromatic nitrogens is 1. The Labute approximate surface area is 134 Å². The fraction of sp³-hybridized carbons (Fsp3) is 0.412. The normalized spacial score (nSPS) is 17.5. The topological polar surface area (TPSA) is 87.6 Å². The fourth-order valence-electron chi connectivity index (χ4n) is 2.73. The average molecular weight is 316 g/mol. The van der Waals surface area contributed by atoms with Gasteiger partial charge in [0.25, 0.3) is 5.91 Å². The maximum absolute atomic E-state index is 11.5. The number of carbonyl (C=O) groups excluding carboxylic acids is 1. The minimum atomic E-state index is -0.572. The Morgan fingerprint density at radius 2 is 2.13 bits per heavy atom. The molecule has 2 N–H and O–H groups in total. The number of nitrogens with zero attached hydrogens (tertiary/aromatic N) is 1. The molecule has 0 unspecified atom stereocenters. The minimum absolute atomic E-state index is 0.204. The van der Waals surface area contributed by atoms with E-state index in [9.17, 15) is 4.79 Å². The number of amides is 1. The summed E-state index contributed by atoms with van der Waals surface area (Å²) < 4.78 is 16.4. The largest absolute Gasteiger partial charge is 0.381 e. The number of hydrogen-bond acceptors (Lipinski definition) is 5. The molecule has 2 heterocycles. The van der Waals surface area contributed by atoms with E-state index in [0.717, 1.165) is 24.2 Å². The quantitative estimate of drug-likeness (QED) is 0.845. The molecule has 1 aliphatic heterocycles. The highest BCUT2D eigenvalue weighted by atomic mass is 16.5. The molecule has 1 atom stereocenters. The second kappa shape index (κ2) is 7.39. The lowest BCUT2D eigenvalue weighted by Crippen LogP contribution is -2.16. The van der Waals surface area contributed by atoms with Crippen LogP contribution in [0.3, 0.4) is 0 Å². The molecule has 23 heavy (non-hydrogen) atoms. The van der Waals surface area contributed by atoms with Gasteiger partial charge in [-0.15, -0.1) is 0 Å². The van der Waals surface area contributed by atoms with E-state index >= 15 is 0 Å². The summed E-state index contributed by atoms with van der Waals surface area (Å²) in [5, 5.41) is 3.81. The van der Waals surface area contributed by atoms with Crippen LogP contribution in [0.4, 0.5) is 0 Å². The zero-order chi connectivity index (χ0) is 16.1. The second-order valence-corrected chi connectivity index (χ2v) is 5.71. The van der Waals surface area contributed by atoms with Crippen molar-refractivity contribution in [3.63, 3.8) is 0 Å². The van der Waals surface area contributed by atoms with Gasteiger partial charge in [-0.25, -0.2) is 0 Å². The summed E-state index contributed by atoms with van der Waals surface area (Å²) in [7, 11) is 0. The lowest BCUT2D eigenvalue weighted by atomic mass is 9.97. The van der Waals surface area contributed by atoms with Gasteiger partial charge in [-0.2, -0.15) is 0 Å². The van der Waals surface area contributed by atoms with E-state index in [1.54, 1.807) is 0 Å². The Morgan fingerprint density at radius 3 is 2.83 bits per heavy atom. The fourth-order valence-corrected chi connectivity index (χ4v) is 2.73. The maximum atomic E-state index is 11.5. The number of ether oxygens (including phenoxy) is 2. The summed E-state index contributed by atoms with van der Waals surface area (Å²) in [6.45, 7) is 2.17. The van der Waals surface area contributed by atoms with Crippen LogP contribution in [0.15, 0.2) is 34.9 Å². The van der Waals surface area contributed by atoms with Crippen molar-refractivity contribution in [2.75, 3.05) is 13.2 Å². The van der Waals surface area contributed by atoms with E-state index in [2.05, 4.69) is 5.16 Å². The first kappa shape index (κ1) is 15.7. The van der Waals surface area contributed by atoms with Gasteiger partial charge in [0, 0.05) is 18.8 Å². The third kappa shape index (κ3) is 3.97. The SMILES string of the molecule is NC(=O)c1noc(COCc2ccccc2)c1C[C@@H]1CCOC1. The summed E-state index contributed by atoms with van der Waals surface area (Å²) in [6.07, 6.45) is 1.64. The van der Waals surface area contributed by atoms with Crippen LogP contribution in [-0.2, 0) is 29.1 Å². The molecule has 1 saturated heterocycles. The number of nitrogens with two attached hydrogens (primary N) is 1. The zero-order valence-electron chi connectivity index (χ0n) is 12.9. The monoisotopic (exact) mass is 316 g/mol. The predicted octanol–water partition coefficient (Wildman–Crippen LogP) is 2.07. The van der Waals surface area contributed by atoms with Crippen molar-refractivity contribution in [1.82, 2.24) is 5.16 Å². The molecule has 122 valence electrons. The van der Waals surface area contributed by atoms with Gasteiger partial charge in [0.15, 0.2) is 11.5 Å². The third-order valence-corrected chi connectivity index (χ3v) is 3.96. The van der Waals surface area contributed by atoms with Gasteiger partial charge in [-0.3, -0.25) is 4.79 Å². The highest BCUT2D eigenvalue weighted by Crippen LogP contribution is 2.24. The summed E-state index contributed by atoms with van der Waals surface area (Å²) in [4.78, 5) is 11.5. The molecule has 2 aromatic rings. The van der Waals surface area contributed by atoms with Crippen LogP contribution in [0, 0.1) is 5.92 Å². The van der Waals surface area contributed by atoms with Crippen LogP contribution < -0.4 is 5.73 Å². The van der Waals surface area contributed by atoms with Gasteiger partial charge >= 0.3 is 0 Å². The highest BCUT2D eigenvalue weighted by Gasteiger charge is 2.25. The van der Waals surface area contributed by atoms with E-state index in [1.807, 2.05) is 30.3 Å². The first-order chi connectivity index (χ1) is 11.2. The second-order valence-electron chi connectivity index (χ2n) is 5.71. The summed E-state index contributed by atoms with van der Waals surface area (Å²) >= 11 is 0. The van der Waals surface area contributed by atoms with Crippen LogP contribution >= 0.6 is 0 Å². The molecule has 0 bridgehead atoms. The molecule has 1 fully saturated rings. The van der Waals surface area contributed by atoms with Crippen molar-refractivity contribution in [3.8, 4) is 0 Å². The Kier molecular flexibility index (Phi) is 5.05. The summed E-state index contributed by atoms with van der Waals surface area (Å²) in [6, 6.07) is 9.87. The van der Waals surface area contributed by atoms with Crippen molar-refractivity contribution in [2.24, 2.45) is 11.7 Å². The molecule has 0 spiro atoms. The molecule has 0 saturated carbocycles. The van der Waals surface area contributed by atoms with E-state index in [1.165, 1.54) is 0 Å². The standard InChI is InChI=1S/C17H20N2O4/c18-17(20)16-14(8-13-6-7-21-10-13)15(23-19-16)11-22-9-12-4-2-1-3-5-12/h1-5,13H,6-11H2,(H2,18,20)/t13-/m0/s1. The van der Waals surface area contributed by atoms with Gasteiger partial charge in [0.2, 0.25) is 0 Å². The van der Waals surface area contributed by atoms with Crippen molar-refractivity contribution in [3.05, 3.63) is 52.9 Å². The summed E-state index contributed by atoms with van der Waals surface area (Å²) in [5.74, 6) is 0.360. The van der Waals surface area contributed by atoms with Crippen LogP contribution in [0.5, 0.6) is 0 Å². The van der Waals surface area contributed by atoms with E-state index in [4.69, 9.17) is 19.7 Å². The number of hydrogen-bond donors (Lipinski definition) is 1. The van der Waals surface area contributed by atoms with Crippen molar-refractivity contribution >= 4 is 5.91 Å². The van der Waals surface area contributed by atoms with E-state index in [-0.39, 0.29) is 12.3 Å². The first-order valence-corrected chi connectivity index (χ1v) is 7.70. The molecule has 0 aliphatic carbocycles. The Balaban J connectivity index is 1.66. The molecular weight excluding hydrogens is 296 g/mol. The van der Waals surface area contributed by atoms with Crippen molar-refractivity contribution in [2.45, 2.75) is 26.1 Å². The number of primary amides is 1. The molecule has 1 aliphatic rings. The van der Waals surface area contributed by atoms with Crippen LogP contribution in [-0.4, -0.2) is 24.3 Å². The van der Waals surface area contributed by atoms with E-state index in [0.29, 0.717) is 31.3 Å². The average Bonchev–Trinajstić information content (AvgIpc) is 3.19. The van der Waals surface area contributed by atoms with Crippen LogP contribution in [0.1, 0.15) is 33.8 Å². The number of carbonyl (C=O) groups is 1. The third-order valence-electron chi connectivity index (χ3n) is 3.96. The Bertz CT molecular complexity index is 648. The lowest BCUT2D eigenvalue weighted by Gasteiger charge is -2.08. The number of benzene rings is 1. The van der Waals surface area contributed by atoms with Crippen molar-refractivity contribution in [1.29, 1.82) is 0 Å². The van der Waals surface area contributed by atoms with Gasteiger partial charge in [-0.05, 0) is 24.3 Å². The first-order valence-electron chi connectivity index (χ1n) is 7.70. The maximum Gasteiger partial charge on any atom is 0.271 e. The molecule has 0 radical (unpaired) electrons. The minimum Gasteiger partial charge on any atom is -0.381 e. The lowest BCUT2D eigenvalue weighted by molar-refractivity contribution is 0.0872. The van der Waals surface area contributed by atoms with Gasteiger partial charge in [0.05, 0.1) is 6.61 Å². The molecule has 1 amide bonds. The van der Waals surface area contributed by atoms with Crippen LogP contribution in [0.2, 0.25) is 0 Å². The Hall–Kier alpha value is -2.18. The molecule has 6 nitrogen and oxygen atoms in total. The van der Waals surface area contributed by atoms with Crippen LogP contribution in [0.25, 0.3) is 0 Å². The summed E-state index contributed by atoms with van der Waals surface area (Å²) in [5.41, 5.74) is 7.42. The van der Waals surface area contributed by atoms with Gasteiger partial charge < -0.3 is 19.7 Å². The molecular formula is C17H20N2O4. The molecule has 6 heteroatoms. The molecule has 3 rings (SSSR count). The van der Waals surface area contributed by atoms with Gasteiger partial charge in [-0.1, -0.05) is 35.5 Å². The van der Waals surface area contributed by atoms with Crippen molar-refractivity contribution < 1.29 is 18.8 Å².